The molecular weight excluding hydrogens is 212 g/mol. The number of benzene rings is 1. The zero-order chi connectivity index (χ0) is 12.6. The second-order valence-electron chi connectivity index (χ2n) is 4.52. The summed E-state index contributed by atoms with van der Waals surface area (Å²) in [6, 6.07) is 4.13. The van der Waals surface area contributed by atoms with E-state index in [1.807, 2.05) is 6.07 Å². The van der Waals surface area contributed by atoms with Crippen molar-refractivity contribution < 1.29 is 4.52 Å². The van der Waals surface area contributed by atoms with Gasteiger partial charge in [0.25, 0.3) is 0 Å². The van der Waals surface area contributed by atoms with Crippen LogP contribution in [0.15, 0.2) is 16.7 Å². The summed E-state index contributed by atoms with van der Waals surface area (Å²) < 4.78 is 5.18. The summed E-state index contributed by atoms with van der Waals surface area (Å²) in [5.74, 6) is 0.720. The number of hydrogen-bond acceptors (Lipinski definition) is 3. The van der Waals surface area contributed by atoms with Crippen LogP contribution in [-0.4, -0.2) is 5.16 Å². The van der Waals surface area contributed by atoms with Crippen molar-refractivity contribution in [1.29, 1.82) is 0 Å². The first-order chi connectivity index (χ1) is 8.04. The lowest BCUT2D eigenvalue weighted by Gasteiger charge is -2.12. The average Bonchev–Trinajstić information content (AvgIpc) is 2.75. The summed E-state index contributed by atoms with van der Waals surface area (Å²) in [5.41, 5.74) is 12.7. The van der Waals surface area contributed by atoms with Gasteiger partial charge < -0.3 is 10.3 Å². The summed E-state index contributed by atoms with van der Waals surface area (Å²) >= 11 is 0. The maximum atomic E-state index is 5.54. The van der Waals surface area contributed by atoms with E-state index in [1.54, 1.807) is 0 Å². The van der Waals surface area contributed by atoms with Crippen LogP contribution in [0.25, 0.3) is 11.3 Å². The maximum absolute atomic E-state index is 5.54. The Bertz CT molecular complexity index is 529. The first-order valence-corrected chi connectivity index (χ1v) is 5.78. The van der Waals surface area contributed by atoms with Gasteiger partial charge >= 0.3 is 0 Å². The van der Waals surface area contributed by atoms with Crippen LogP contribution in [0.5, 0.6) is 0 Å². The van der Waals surface area contributed by atoms with Gasteiger partial charge in [0.15, 0.2) is 5.76 Å². The fourth-order valence-electron chi connectivity index (χ4n) is 2.13. The van der Waals surface area contributed by atoms with Crippen molar-refractivity contribution in [3.05, 3.63) is 40.1 Å². The highest BCUT2D eigenvalue weighted by molar-refractivity contribution is 5.70. The first-order valence-electron chi connectivity index (χ1n) is 5.78. The van der Waals surface area contributed by atoms with Gasteiger partial charge in [-0.3, -0.25) is 0 Å². The number of hydrogen-bond donors (Lipinski definition) is 1. The number of nitrogens with zero attached hydrogens (tertiary/aromatic N) is 1. The van der Waals surface area contributed by atoms with Crippen LogP contribution in [0, 0.1) is 27.7 Å². The molecule has 0 aliphatic heterocycles. The van der Waals surface area contributed by atoms with Crippen LogP contribution in [0.4, 0.5) is 0 Å². The number of nitrogens with two attached hydrogens (primary N) is 1. The van der Waals surface area contributed by atoms with Gasteiger partial charge in [0.1, 0.15) is 5.69 Å². The van der Waals surface area contributed by atoms with Gasteiger partial charge in [-0.15, -0.1) is 0 Å². The van der Waals surface area contributed by atoms with Gasteiger partial charge in [0.2, 0.25) is 0 Å². The minimum Gasteiger partial charge on any atom is -0.359 e. The smallest absolute Gasteiger partial charge is 0.150 e. The molecule has 2 aromatic rings. The Hall–Kier alpha value is -1.61. The van der Waals surface area contributed by atoms with E-state index in [9.17, 15) is 0 Å². The normalized spacial score (nSPS) is 10.9. The predicted octanol–water partition coefficient (Wildman–Crippen LogP) is 3.03. The Labute approximate surface area is 102 Å². The summed E-state index contributed by atoms with van der Waals surface area (Å²) in [4.78, 5) is 0. The van der Waals surface area contributed by atoms with Crippen molar-refractivity contribution in [2.45, 2.75) is 34.2 Å². The third kappa shape index (κ3) is 1.98. The van der Waals surface area contributed by atoms with E-state index >= 15 is 0 Å². The fraction of sp³-hybridized carbons (Fsp3) is 0.357. The second-order valence-corrected chi connectivity index (χ2v) is 4.52. The summed E-state index contributed by atoms with van der Waals surface area (Å²) in [7, 11) is 0. The van der Waals surface area contributed by atoms with Crippen LogP contribution in [0.3, 0.4) is 0 Å². The molecule has 0 amide bonds. The molecule has 0 aliphatic carbocycles. The zero-order valence-corrected chi connectivity index (χ0v) is 10.8. The van der Waals surface area contributed by atoms with Crippen molar-refractivity contribution in [3.8, 4) is 11.3 Å². The molecule has 0 aliphatic rings. The zero-order valence-electron chi connectivity index (χ0n) is 10.8. The molecule has 2 rings (SSSR count). The molecule has 1 aromatic heterocycles. The molecule has 1 heterocycles. The minimum atomic E-state index is 0.385. The van der Waals surface area contributed by atoms with E-state index in [4.69, 9.17) is 10.3 Å². The Morgan fingerprint density at radius 2 is 1.65 bits per heavy atom. The number of rotatable bonds is 2. The lowest BCUT2D eigenvalue weighted by Crippen LogP contribution is -1.95. The highest BCUT2D eigenvalue weighted by Gasteiger charge is 2.14. The Morgan fingerprint density at radius 1 is 1.06 bits per heavy atom. The van der Waals surface area contributed by atoms with Gasteiger partial charge in [0.05, 0.1) is 6.54 Å². The van der Waals surface area contributed by atoms with E-state index in [2.05, 4.69) is 38.9 Å². The van der Waals surface area contributed by atoms with Gasteiger partial charge in [-0.2, -0.15) is 0 Å². The third-order valence-electron chi connectivity index (χ3n) is 3.38. The lowest BCUT2D eigenvalue weighted by atomic mass is 9.92. The quantitative estimate of drug-likeness (QED) is 0.862. The molecule has 3 nitrogen and oxygen atoms in total. The molecule has 0 atom stereocenters. The standard InChI is InChI=1S/C14H18N2O/c1-8-5-9(2)11(4)14(10(8)3)13-6-12(7-15)17-16-13/h5-6H,7,15H2,1-4H3. The van der Waals surface area contributed by atoms with Gasteiger partial charge in [-0.25, -0.2) is 0 Å². The summed E-state index contributed by atoms with van der Waals surface area (Å²) in [6.07, 6.45) is 0. The SMILES string of the molecule is Cc1cc(C)c(C)c(-c2cc(CN)on2)c1C. The molecule has 0 saturated heterocycles. The van der Waals surface area contributed by atoms with E-state index in [-0.39, 0.29) is 0 Å². The largest absolute Gasteiger partial charge is 0.359 e. The van der Waals surface area contributed by atoms with Gasteiger partial charge in [0, 0.05) is 11.6 Å². The van der Waals surface area contributed by atoms with E-state index in [0.717, 1.165) is 11.5 Å². The number of aromatic nitrogens is 1. The molecule has 1 aromatic carbocycles. The summed E-state index contributed by atoms with van der Waals surface area (Å²) in [6.45, 7) is 8.86. The van der Waals surface area contributed by atoms with Gasteiger partial charge in [-0.1, -0.05) is 11.2 Å². The van der Waals surface area contributed by atoms with Crippen LogP contribution in [-0.2, 0) is 6.54 Å². The number of aryl methyl sites for hydroxylation is 2. The van der Waals surface area contributed by atoms with E-state index in [0.29, 0.717) is 6.54 Å². The molecule has 2 N–H and O–H groups in total. The molecule has 0 bridgehead atoms. The molecular formula is C14H18N2O. The van der Waals surface area contributed by atoms with E-state index < -0.39 is 0 Å². The Morgan fingerprint density at radius 3 is 2.12 bits per heavy atom. The van der Waals surface area contributed by atoms with Crippen molar-refractivity contribution in [1.82, 2.24) is 5.16 Å². The summed E-state index contributed by atoms with van der Waals surface area (Å²) in [5, 5.41) is 4.11. The van der Waals surface area contributed by atoms with Crippen molar-refractivity contribution >= 4 is 0 Å². The molecule has 0 saturated carbocycles. The molecule has 0 fully saturated rings. The molecule has 3 heteroatoms. The van der Waals surface area contributed by atoms with Crippen molar-refractivity contribution in [2.75, 3.05) is 0 Å². The predicted molar refractivity (Wildman–Crippen MR) is 68.8 cm³/mol. The lowest BCUT2D eigenvalue weighted by molar-refractivity contribution is 0.387. The van der Waals surface area contributed by atoms with Crippen molar-refractivity contribution in [2.24, 2.45) is 5.73 Å². The average molecular weight is 230 g/mol. The van der Waals surface area contributed by atoms with E-state index in [1.165, 1.54) is 27.8 Å². The van der Waals surface area contributed by atoms with Crippen molar-refractivity contribution in [3.63, 3.8) is 0 Å². The molecule has 90 valence electrons. The molecule has 0 unspecified atom stereocenters. The molecule has 0 radical (unpaired) electrons. The highest BCUT2D eigenvalue weighted by Crippen LogP contribution is 2.31. The topological polar surface area (TPSA) is 52.0 Å². The highest BCUT2D eigenvalue weighted by atomic mass is 16.5. The molecule has 17 heavy (non-hydrogen) atoms. The second kappa shape index (κ2) is 4.34. The fourth-order valence-corrected chi connectivity index (χ4v) is 2.13. The first kappa shape index (κ1) is 11.9. The Kier molecular flexibility index (Phi) is 3.03. The van der Waals surface area contributed by atoms with Crippen LogP contribution >= 0.6 is 0 Å². The van der Waals surface area contributed by atoms with Crippen LogP contribution < -0.4 is 5.73 Å². The van der Waals surface area contributed by atoms with Crippen LogP contribution in [0.1, 0.15) is 28.0 Å². The minimum absolute atomic E-state index is 0.385. The Balaban J connectivity index is 2.65. The van der Waals surface area contributed by atoms with Crippen LogP contribution in [0.2, 0.25) is 0 Å². The third-order valence-corrected chi connectivity index (χ3v) is 3.38. The monoisotopic (exact) mass is 230 g/mol. The molecule has 0 spiro atoms. The van der Waals surface area contributed by atoms with Gasteiger partial charge in [-0.05, 0) is 49.9 Å². The maximum Gasteiger partial charge on any atom is 0.150 e.